The first kappa shape index (κ1) is 82.1. The average molecular weight is 1280 g/mol. The van der Waals surface area contributed by atoms with Gasteiger partial charge in [-0.05, 0) is 202 Å². The SMILES string of the molecule is C.CC(C)(C)CC(OCc1cc(F)cc(F)c1)C(=O)NC(C)(C)C.CC(C)(C)NC(=O)C(OCc1cc(F)cc(F)c1)C(C)(C)C.CC(C)C(OCc1cc(F)cc(F)c1)C(=O)NC(C)(C)C.CC1CC1CC(OCc1cc(F)cc(F)c1)C(=O)NC(C)(C)C. The van der Waals surface area contributed by atoms with Crippen molar-refractivity contribution in [2.24, 2.45) is 28.6 Å². The highest BCUT2D eigenvalue weighted by molar-refractivity contribution is 5.83. The van der Waals surface area contributed by atoms with Gasteiger partial charge in [-0.1, -0.05) is 69.7 Å². The van der Waals surface area contributed by atoms with E-state index in [9.17, 15) is 54.3 Å². The molecule has 1 aliphatic rings. The summed E-state index contributed by atoms with van der Waals surface area (Å²) in [5.74, 6) is -5.06. The van der Waals surface area contributed by atoms with E-state index in [2.05, 4.69) is 28.2 Å². The second-order valence-electron chi connectivity index (χ2n) is 29.7. The molecule has 90 heavy (non-hydrogen) atoms. The molecule has 6 unspecified atom stereocenters. The van der Waals surface area contributed by atoms with Crippen LogP contribution in [0.4, 0.5) is 35.1 Å². The normalized spacial score (nSPS) is 15.6. The molecule has 20 heteroatoms. The Kier molecular flexibility index (Phi) is 32.1. The first-order valence-electron chi connectivity index (χ1n) is 30.0. The van der Waals surface area contributed by atoms with Crippen molar-refractivity contribution in [3.05, 3.63) is 142 Å². The van der Waals surface area contributed by atoms with Gasteiger partial charge in [-0.3, -0.25) is 19.2 Å². The highest BCUT2D eigenvalue weighted by Crippen LogP contribution is 2.42. The van der Waals surface area contributed by atoms with E-state index in [4.69, 9.17) is 18.9 Å². The minimum Gasteiger partial charge on any atom is -0.364 e. The first-order chi connectivity index (χ1) is 40.5. The van der Waals surface area contributed by atoms with Crippen LogP contribution in [0.5, 0.6) is 0 Å². The van der Waals surface area contributed by atoms with Crippen LogP contribution in [0.2, 0.25) is 0 Å². The summed E-state index contributed by atoms with van der Waals surface area (Å²) < 4.78 is 128. The average Bonchev–Trinajstić information content (AvgIpc) is 1.94. The number of carbonyl (C=O) groups excluding carboxylic acids is 4. The number of hydrogen-bond donors (Lipinski definition) is 4. The van der Waals surface area contributed by atoms with Crippen LogP contribution < -0.4 is 21.3 Å². The molecule has 0 radical (unpaired) electrons. The van der Waals surface area contributed by atoms with Gasteiger partial charge in [-0.2, -0.15) is 0 Å². The molecule has 4 amide bonds. The van der Waals surface area contributed by atoms with Gasteiger partial charge in [0.1, 0.15) is 71.0 Å². The lowest BCUT2D eigenvalue weighted by Gasteiger charge is -2.32. The molecule has 6 atom stereocenters. The van der Waals surface area contributed by atoms with E-state index in [0.29, 0.717) is 46.9 Å². The quantitative estimate of drug-likeness (QED) is 0.0638. The Hall–Kier alpha value is -5.96. The van der Waals surface area contributed by atoms with Crippen molar-refractivity contribution in [2.75, 3.05) is 0 Å². The van der Waals surface area contributed by atoms with E-state index < -0.39 is 76.4 Å². The second kappa shape index (κ2) is 35.2. The van der Waals surface area contributed by atoms with Crippen molar-refractivity contribution in [1.29, 1.82) is 0 Å². The minimum absolute atomic E-state index is 0. The lowest BCUT2D eigenvalue weighted by atomic mass is 9.88. The standard InChI is InChI=1S/C18H25F2NO2.C18H27F2NO2.C17H25F2NO2.C16H23F2NO2.CH4/c1-11-5-13(11)8-16(17(22)21-18(2,3)4)23-10-12-6-14(19)9-15(20)7-12;1-17(2,3)10-15(16(22)21-18(4,5)6)23-11-12-7-13(19)9-14(20)8-12;1-16(2,3)14(15(21)20-17(4,5)6)22-10-11-7-12(18)9-13(19)8-11;1-10(2)14(15(20)19-16(3,4)5)21-9-11-6-12(17)8-13(18)7-11;/h6-7,9,11,13,16H,5,8,10H2,1-4H3,(H,21,22);7-9,15H,10-11H2,1-6H3,(H,21,22);7-9,14H,10H2,1-6H3,(H,20,21);6-8,10,14H,9H2,1-5H3,(H,19,20);1H4. The molecule has 1 aliphatic carbocycles. The number of ether oxygens (including phenoxy) is 4. The number of hydrogen-bond acceptors (Lipinski definition) is 8. The monoisotopic (exact) mass is 1280 g/mol. The maximum atomic E-state index is 13.2. The van der Waals surface area contributed by atoms with E-state index >= 15 is 0 Å². The van der Waals surface area contributed by atoms with Gasteiger partial charge in [0.25, 0.3) is 0 Å². The first-order valence-corrected chi connectivity index (χ1v) is 30.0. The number of amides is 4. The Morgan fingerprint density at radius 1 is 0.422 bits per heavy atom. The number of benzene rings is 4. The highest BCUT2D eigenvalue weighted by Gasteiger charge is 2.38. The third kappa shape index (κ3) is 35.6. The highest BCUT2D eigenvalue weighted by atomic mass is 19.2. The van der Waals surface area contributed by atoms with Gasteiger partial charge in [-0.25, -0.2) is 35.1 Å². The zero-order valence-electron chi connectivity index (χ0n) is 56.2. The Balaban J connectivity index is 0.000000598. The van der Waals surface area contributed by atoms with Gasteiger partial charge in [0.2, 0.25) is 23.6 Å². The van der Waals surface area contributed by atoms with E-state index in [1.54, 1.807) is 0 Å². The van der Waals surface area contributed by atoms with Gasteiger partial charge in [0.15, 0.2) is 0 Å². The molecule has 12 nitrogen and oxygen atoms in total. The number of nitrogens with one attached hydrogen (secondary N) is 4. The molecule has 1 saturated carbocycles. The fraction of sp³-hybridized carbons (Fsp3) is 0.600. The summed E-state index contributed by atoms with van der Waals surface area (Å²) in [4.78, 5) is 49.4. The van der Waals surface area contributed by atoms with Crippen molar-refractivity contribution < 1.29 is 73.2 Å². The van der Waals surface area contributed by atoms with Crippen molar-refractivity contribution in [3.63, 3.8) is 0 Å². The van der Waals surface area contributed by atoms with Gasteiger partial charge in [-0.15, -0.1) is 0 Å². The van der Waals surface area contributed by atoms with Gasteiger partial charge < -0.3 is 40.2 Å². The molecule has 5 rings (SSSR count). The molecule has 4 aromatic rings. The molecule has 0 heterocycles. The molecular formula is C70H104F8N4O8. The predicted molar refractivity (Wildman–Crippen MR) is 338 cm³/mol. The Bertz CT molecular complexity index is 2840. The Morgan fingerprint density at radius 3 is 0.967 bits per heavy atom. The van der Waals surface area contributed by atoms with Gasteiger partial charge >= 0.3 is 0 Å². The van der Waals surface area contributed by atoms with Crippen LogP contribution in [0.1, 0.15) is 194 Å². The van der Waals surface area contributed by atoms with E-state index in [1.165, 1.54) is 48.5 Å². The lowest BCUT2D eigenvalue weighted by molar-refractivity contribution is -0.143. The molecule has 0 spiro atoms. The predicted octanol–water partition coefficient (Wildman–Crippen LogP) is 15.9. The van der Waals surface area contributed by atoms with Crippen LogP contribution in [0, 0.1) is 75.1 Å². The summed E-state index contributed by atoms with van der Waals surface area (Å²) in [6.45, 7) is 40.1. The van der Waals surface area contributed by atoms with Crippen molar-refractivity contribution in [1.82, 2.24) is 21.3 Å². The maximum absolute atomic E-state index is 13.2. The lowest BCUT2D eigenvalue weighted by Crippen LogP contribution is -2.50. The van der Waals surface area contributed by atoms with E-state index in [1.807, 2.05) is 138 Å². The molecule has 0 aromatic heterocycles. The fourth-order valence-corrected chi connectivity index (χ4v) is 8.64. The fourth-order valence-electron chi connectivity index (χ4n) is 8.64. The molecule has 508 valence electrons. The Labute approximate surface area is 531 Å². The number of halogens is 8. The van der Waals surface area contributed by atoms with Crippen LogP contribution in [0.25, 0.3) is 0 Å². The number of rotatable bonds is 20. The van der Waals surface area contributed by atoms with E-state index in [0.717, 1.165) is 30.7 Å². The summed E-state index contributed by atoms with van der Waals surface area (Å²) in [5, 5.41) is 11.5. The largest absolute Gasteiger partial charge is 0.364 e. The van der Waals surface area contributed by atoms with Crippen LogP contribution in [-0.4, -0.2) is 70.2 Å². The third-order valence-electron chi connectivity index (χ3n) is 12.5. The van der Waals surface area contributed by atoms with Crippen molar-refractivity contribution in [2.45, 2.75) is 245 Å². The second-order valence-corrected chi connectivity index (χ2v) is 29.7. The van der Waals surface area contributed by atoms with Crippen LogP contribution in [-0.2, 0) is 64.6 Å². The zero-order chi connectivity index (χ0) is 68.4. The maximum Gasteiger partial charge on any atom is 0.250 e. The molecule has 0 aliphatic heterocycles. The molecule has 1 fully saturated rings. The summed E-state index contributed by atoms with van der Waals surface area (Å²) >= 11 is 0. The molecular weight excluding hydrogens is 1180 g/mol. The molecule has 0 saturated heterocycles. The topological polar surface area (TPSA) is 153 Å². The van der Waals surface area contributed by atoms with Crippen molar-refractivity contribution >= 4 is 23.6 Å². The molecule has 4 N–H and O–H groups in total. The molecule has 0 bridgehead atoms. The Morgan fingerprint density at radius 2 is 0.689 bits per heavy atom. The summed E-state index contributed by atoms with van der Waals surface area (Å²) in [6.07, 6.45) is -0.435. The zero-order valence-corrected chi connectivity index (χ0v) is 56.2. The van der Waals surface area contributed by atoms with Crippen LogP contribution >= 0.6 is 0 Å². The summed E-state index contributed by atoms with van der Waals surface area (Å²) in [5.41, 5.74) is -0.552. The summed E-state index contributed by atoms with van der Waals surface area (Å²) in [6, 6.07) is 12.9. The molecule has 4 aromatic carbocycles. The minimum atomic E-state index is -0.724. The van der Waals surface area contributed by atoms with E-state index in [-0.39, 0.29) is 91.0 Å². The van der Waals surface area contributed by atoms with Crippen LogP contribution in [0.3, 0.4) is 0 Å². The smallest absolute Gasteiger partial charge is 0.250 e. The van der Waals surface area contributed by atoms with Gasteiger partial charge in [0, 0.05) is 46.4 Å². The van der Waals surface area contributed by atoms with Crippen molar-refractivity contribution in [3.8, 4) is 0 Å². The van der Waals surface area contributed by atoms with Gasteiger partial charge in [0.05, 0.1) is 26.4 Å². The third-order valence-corrected chi connectivity index (χ3v) is 12.5. The van der Waals surface area contributed by atoms with Crippen LogP contribution in [0.15, 0.2) is 72.8 Å². The number of carbonyl (C=O) groups is 4. The summed E-state index contributed by atoms with van der Waals surface area (Å²) in [7, 11) is 0.